The lowest BCUT2D eigenvalue weighted by molar-refractivity contribution is -0.143. The highest BCUT2D eigenvalue weighted by Crippen LogP contribution is 2.19. The van der Waals surface area contributed by atoms with Gasteiger partial charge in [0.05, 0.1) is 18.8 Å². The summed E-state index contributed by atoms with van der Waals surface area (Å²) in [4.78, 5) is 36.6. The maximum atomic E-state index is 12.9. The zero-order valence-electron chi connectivity index (χ0n) is 15.7. The maximum absolute atomic E-state index is 12.9. The first-order chi connectivity index (χ1) is 13.1. The molecular weight excluding hydrogens is 344 g/mol. The molecule has 0 unspecified atom stereocenters. The minimum absolute atomic E-state index is 0.231. The number of carbonyl (C=O) groups excluding carboxylic acids is 3. The lowest BCUT2D eigenvalue weighted by atomic mass is 9.94. The molecule has 0 saturated carbocycles. The lowest BCUT2D eigenvalue weighted by Gasteiger charge is -2.11. The van der Waals surface area contributed by atoms with Gasteiger partial charge in [0.25, 0.3) is 0 Å². The van der Waals surface area contributed by atoms with Crippen LogP contribution < -0.4 is 0 Å². The first-order valence-corrected chi connectivity index (χ1v) is 9.12. The van der Waals surface area contributed by atoms with Gasteiger partial charge in [-0.15, -0.1) is 0 Å². The SMILES string of the molecule is CCOC(=O)CCCc1ccc(C(=O)OCC)c(C(=O)c2ccccc2)c1. The van der Waals surface area contributed by atoms with Gasteiger partial charge in [0.1, 0.15) is 0 Å². The van der Waals surface area contributed by atoms with Crippen LogP contribution in [-0.2, 0) is 20.7 Å². The van der Waals surface area contributed by atoms with Crippen molar-refractivity contribution in [2.45, 2.75) is 33.1 Å². The maximum Gasteiger partial charge on any atom is 0.338 e. The van der Waals surface area contributed by atoms with E-state index in [4.69, 9.17) is 9.47 Å². The van der Waals surface area contributed by atoms with Crippen LogP contribution in [0.4, 0.5) is 0 Å². The van der Waals surface area contributed by atoms with Crippen molar-refractivity contribution in [3.63, 3.8) is 0 Å². The molecule has 2 rings (SSSR count). The second-order valence-corrected chi connectivity index (χ2v) is 5.95. The molecule has 2 aromatic rings. The van der Waals surface area contributed by atoms with Gasteiger partial charge < -0.3 is 9.47 Å². The fraction of sp³-hybridized carbons (Fsp3) is 0.318. The van der Waals surface area contributed by atoms with Crippen molar-refractivity contribution in [1.29, 1.82) is 0 Å². The Labute approximate surface area is 159 Å². The third-order valence-corrected chi connectivity index (χ3v) is 4.01. The van der Waals surface area contributed by atoms with Crippen LogP contribution in [0.2, 0.25) is 0 Å². The molecule has 142 valence electrons. The molecule has 0 amide bonds. The van der Waals surface area contributed by atoms with Gasteiger partial charge in [-0.1, -0.05) is 36.4 Å². The van der Waals surface area contributed by atoms with Crippen LogP contribution in [0.3, 0.4) is 0 Å². The van der Waals surface area contributed by atoms with Gasteiger partial charge in [-0.2, -0.15) is 0 Å². The smallest absolute Gasteiger partial charge is 0.338 e. The first kappa shape index (κ1) is 20.4. The van der Waals surface area contributed by atoms with Crippen LogP contribution in [0.25, 0.3) is 0 Å². The standard InChI is InChI=1S/C22H24O5/c1-3-26-20(23)12-8-9-16-13-14-18(22(25)27-4-2)19(15-16)21(24)17-10-6-5-7-11-17/h5-7,10-11,13-15H,3-4,8-9,12H2,1-2H3. The summed E-state index contributed by atoms with van der Waals surface area (Å²) in [6, 6.07) is 13.9. The van der Waals surface area contributed by atoms with Crippen LogP contribution in [0.15, 0.2) is 48.5 Å². The van der Waals surface area contributed by atoms with E-state index in [1.54, 1.807) is 56.3 Å². The molecule has 0 saturated heterocycles. The number of esters is 2. The summed E-state index contributed by atoms with van der Waals surface area (Å²) in [5.74, 6) is -0.984. The molecular formula is C22H24O5. The van der Waals surface area contributed by atoms with E-state index in [1.165, 1.54) is 0 Å². The van der Waals surface area contributed by atoms with Crippen LogP contribution in [0.5, 0.6) is 0 Å². The van der Waals surface area contributed by atoms with Crippen LogP contribution >= 0.6 is 0 Å². The Hall–Kier alpha value is -2.95. The van der Waals surface area contributed by atoms with Crippen molar-refractivity contribution in [3.05, 3.63) is 70.8 Å². The normalized spacial score (nSPS) is 10.3. The van der Waals surface area contributed by atoms with Crippen molar-refractivity contribution in [2.24, 2.45) is 0 Å². The summed E-state index contributed by atoms with van der Waals surface area (Å²) in [5, 5.41) is 0. The molecule has 5 heteroatoms. The predicted octanol–water partition coefficient (Wildman–Crippen LogP) is 3.98. The van der Waals surface area contributed by atoms with Gasteiger partial charge in [-0.25, -0.2) is 4.79 Å². The minimum atomic E-state index is -0.519. The lowest BCUT2D eigenvalue weighted by Crippen LogP contribution is -2.13. The van der Waals surface area contributed by atoms with Gasteiger partial charge >= 0.3 is 11.9 Å². The number of hydrogen-bond acceptors (Lipinski definition) is 5. The Bertz CT molecular complexity index is 796. The zero-order valence-corrected chi connectivity index (χ0v) is 15.7. The molecule has 27 heavy (non-hydrogen) atoms. The van der Waals surface area contributed by atoms with Gasteiger partial charge in [-0.05, 0) is 44.4 Å². The largest absolute Gasteiger partial charge is 0.466 e. The second kappa shape index (κ2) is 10.3. The fourth-order valence-corrected chi connectivity index (χ4v) is 2.74. The molecule has 0 fully saturated rings. The molecule has 2 aromatic carbocycles. The number of benzene rings is 2. The summed E-state index contributed by atoms with van der Waals surface area (Å²) in [6.07, 6.45) is 1.53. The van der Waals surface area contributed by atoms with Crippen molar-refractivity contribution in [3.8, 4) is 0 Å². The van der Waals surface area contributed by atoms with Crippen LogP contribution in [0.1, 0.15) is 58.5 Å². The molecule has 0 radical (unpaired) electrons. The van der Waals surface area contributed by atoms with E-state index < -0.39 is 5.97 Å². The summed E-state index contributed by atoms with van der Waals surface area (Å²) < 4.78 is 10.0. The Balaban J connectivity index is 2.25. The highest BCUT2D eigenvalue weighted by Gasteiger charge is 2.20. The molecule has 5 nitrogen and oxygen atoms in total. The number of rotatable bonds is 9. The van der Waals surface area contributed by atoms with Crippen LogP contribution in [0, 0.1) is 0 Å². The van der Waals surface area contributed by atoms with Crippen molar-refractivity contribution in [1.82, 2.24) is 0 Å². The van der Waals surface area contributed by atoms with Crippen molar-refractivity contribution in [2.75, 3.05) is 13.2 Å². The van der Waals surface area contributed by atoms with E-state index >= 15 is 0 Å². The number of ether oxygens (including phenoxy) is 2. The fourth-order valence-electron chi connectivity index (χ4n) is 2.74. The molecule has 0 aliphatic heterocycles. The monoisotopic (exact) mass is 368 g/mol. The molecule has 0 N–H and O–H groups in total. The van der Waals surface area contributed by atoms with Crippen molar-refractivity contribution >= 4 is 17.7 Å². The Morgan fingerprint density at radius 2 is 1.56 bits per heavy atom. The number of ketones is 1. The average Bonchev–Trinajstić information content (AvgIpc) is 2.68. The number of aryl methyl sites for hydroxylation is 1. The highest BCUT2D eigenvalue weighted by molar-refractivity contribution is 6.14. The number of hydrogen-bond donors (Lipinski definition) is 0. The summed E-state index contributed by atoms with van der Waals surface area (Å²) in [5.41, 5.74) is 1.95. The molecule has 0 spiro atoms. The van der Waals surface area contributed by atoms with E-state index in [0.717, 1.165) is 5.56 Å². The molecule has 0 atom stereocenters. The number of carbonyl (C=O) groups is 3. The Morgan fingerprint density at radius 3 is 2.22 bits per heavy atom. The third kappa shape index (κ3) is 5.78. The molecule has 0 aliphatic rings. The minimum Gasteiger partial charge on any atom is -0.466 e. The summed E-state index contributed by atoms with van der Waals surface area (Å²) in [6.45, 7) is 4.09. The molecule has 0 aromatic heterocycles. The molecule has 0 heterocycles. The van der Waals surface area contributed by atoms with E-state index in [2.05, 4.69) is 0 Å². The Kier molecular flexibility index (Phi) is 7.74. The van der Waals surface area contributed by atoms with Crippen molar-refractivity contribution < 1.29 is 23.9 Å². The van der Waals surface area contributed by atoms with E-state index in [9.17, 15) is 14.4 Å². The van der Waals surface area contributed by atoms with Gasteiger partial charge in [-0.3, -0.25) is 9.59 Å². The molecule has 0 aliphatic carbocycles. The van der Waals surface area contributed by atoms with E-state index in [1.807, 2.05) is 6.07 Å². The summed E-state index contributed by atoms with van der Waals surface area (Å²) >= 11 is 0. The third-order valence-electron chi connectivity index (χ3n) is 4.01. The molecule has 0 bridgehead atoms. The Morgan fingerprint density at radius 1 is 0.852 bits per heavy atom. The van der Waals surface area contributed by atoms with Crippen LogP contribution in [-0.4, -0.2) is 30.9 Å². The van der Waals surface area contributed by atoms with Gasteiger partial charge in [0.15, 0.2) is 5.78 Å². The van der Waals surface area contributed by atoms with E-state index in [-0.39, 0.29) is 23.9 Å². The van der Waals surface area contributed by atoms with E-state index in [0.29, 0.717) is 37.0 Å². The highest BCUT2D eigenvalue weighted by atomic mass is 16.5. The average molecular weight is 368 g/mol. The first-order valence-electron chi connectivity index (χ1n) is 9.12. The zero-order chi connectivity index (χ0) is 19.6. The predicted molar refractivity (Wildman–Crippen MR) is 102 cm³/mol. The van der Waals surface area contributed by atoms with Gasteiger partial charge in [0.2, 0.25) is 0 Å². The topological polar surface area (TPSA) is 69.7 Å². The second-order valence-electron chi connectivity index (χ2n) is 5.95. The van der Waals surface area contributed by atoms with Gasteiger partial charge in [0, 0.05) is 17.5 Å². The quantitative estimate of drug-likeness (QED) is 0.495. The summed E-state index contributed by atoms with van der Waals surface area (Å²) in [7, 11) is 0.